The molecule has 2 aliphatic carbocycles. The number of anilines is 1. The number of fused-ring (bicyclic) bond motifs is 5. The van der Waals surface area contributed by atoms with Crippen LogP contribution in [0.5, 0.6) is 0 Å². The molecule has 3 aliphatic rings. The molecule has 0 spiro atoms. The van der Waals surface area contributed by atoms with Gasteiger partial charge in [0, 0.05) is 5.69 Å². The highest BCUT2D eigenvalue weighted by Crippen LogP contribution is 2.69. The number of benzene rings is 1. The standard InChI is InChI=1S/C23H30N2O3/c1-5-9-16(26)14-18(27)25-20-19(17-12-13-23(20,4)22(17,2)3)24(21(25)28)15-10-7-6-8-11-15/h5-11,16-17,19-20,26H,12-14H2,1-4H3/b9-5+/t16-,17+,19+,20+,23-/m0/s1. The monoisotopic (exact) mass is 382 g/mol. The topological polar surface area (TPSA) is 60.9 Å². The van der Waals surface area contributed by atoms with E-state index in [1.54, 1.807) is 19.1 Å². The minimum atomic E-state index is -0.867. The molecule has 1 aliphatic heterocycles. The second-order valence-electron chi connectivity index (χ2n) is 9.27. The predicted octanol–water partition coefficient (Wildman–Crippen LogP) is 3.98. The molecule has 3 fully saturated rings. The van der Waals surface area contributed by atoms with Crippen LogP contribution < -0.4 is 4.90 Å². The number of carbonyl (C=O) groups is 2. The summed E-state index contributed by atoms with van der Waals surface area (Å²) in [5, 5.41) is 10.1. The fourth-order valence-corrected chi connectivity index (χ4v) is 6.11. The number of imide groups is 1. The number of allylic oxidation sites excluding steroid dienone is 1. The largest absolute Gasteiger partial charge is 0.389 e. The van der Waals surface area contributed by atoms with Gasteiger partial charge in [-0.2, -0.15) is 0 Å². The van der Waals surface area contributed by atoms with Crippen molar-refractivity contribution in [2.45, 2.75) is 65.1 Å². The molecule has 0 radical (unpaired) electrons. The molecule has 28 heavy (non-hydrogen) atoms. The van der Waals surface area contributed by atoms with Gasteiger partial charge in [0.1, 0.15) is 0 Å². The Kier molecular flexibility index (Phi) is 4.42. The quantitative estimate of drug-likeness (QED) is 0.802. The van der Waals surface area contributed by atoms with Gasteiger partial charge in [0.05, 0.1) is 24.6 Å². The fourth-order valence-electron chi connectivity index (χ4n) is 6.11. The van der Waals surface area contributed by atoms with Gasteiger partial charge in [-0.3, -0.25) is 14.6 Å². The van der Waals surface area contributed by atoms with E-state index in [2.05, 4.69) is 20.8 Å². The van der Waals surface area contributed by atoms with Crippen molar-refractivity contribution in [2.24, 2.45) is 16.7 Å². The number of carbonyl (C=O) groups excluding carboxylic acids is 2. The van der Waals surface area contributed by atoms with E-state index in [1.807, 2.05) is 35.2 Å². The first-order chi connectivity index (χ1) is 13.2. The smallest absolute Gasteiger partial charge is 0.331 e. The van der Waals surface area contributed by atoms with Crippen LogP contribution in [-0.2, 0) is 4.79 Å². The maximum atomic E-state index is 13.5. The van der Waals surface area contributed by atoms with Crippen LogP contribution in [0.3, 0.4) is 0 Å². The van der Waals surface area contributed by atoms with Crippen LogP contribution in [0.2, 0.25) is 0 Å². The second kappa shape index (κ2) is 6.45. The summed E-state index contributed by atoms with van der Waals surface area (Å²) in [6, 6.07) is 9.27. The highest BCUT2D eigenvalue weighted by molar-refractivity contribution is 6.06. The number of hydrogen-bond donors (Lipinski definition) is 1. The minimum Gasteiger partial charge on any atom is -0.389 e. The number of aliphatic hydroxyl groups excluding tert-OH is 1. The van der Waals surface area contributed by atoms with Gasteiger partial charge in [-0.25, -0.2) is 4.79 Å². The van der Waals surface area contributed by atoms with E-state index in [0.29, 0.717) is 5.92 Å². The van der Waals surface area contributed by atoms with E-state index in [1.165, 1.54) is 4.90 Å². The van der Waals surface area contributed by atoms with Crippen molar-refractivity contribution >= 4 is 17.6 Å². The average molecular weight is 383 g/mol. The lowest BCUT2D eigenvalue weighted by Crippen LogP contribution is -2.50. The zero-order valence-corrected chi connectivity index (χ0v) is 17.1. The molecule has 2 saturated carbocycles. The minimum absolute atomic E-state index is 0.00791. The van der Waals surface area contributed by atoms with E-state index in [4.69, 9.17) is 0 Å². The van der Waals surface area contributed by atoms with E-state index in [-0.39, 0.29) is 41.3 Å². The van der Waals surface area contributed by atoms with Crippen LogP contribution in [0.1, 0.15) is 47.0 Å². The molecule has 1 heterocycles. The summed E-state index contributed by atoms with van der Waals surface area (Å²) < 4.78 is 0. The molecule has 0 aromatic heterocycles. The van der Waals surface area contributed by atoms with Gasteiger partial charge in [0.2, 0.25) is 5.91 Å². The number of aliphatic hydroxyl groups is 1. The molecular formula is C23H30N2O3. The number of urea groups is 1. The number of para-hydroxylation sites is 1. The summed E-state index contributed by atoms with van der Waals surface area (Å²) in [6.07, 6.45) is 4.48. The lowest BCUT2D eigenvalue weighted by Gasteiger charge is -2.41. The van der Waals surface area contributed by atoms with Gasteiger partial charge in [0.25, 0.3) is 0 Å². The molecule has 1 saturated heterocycles. The Morgan fingerprint density at radius 2 is 1.96 bits per heavy atom. The van der Waals surface area contributed by atoms with Gasteiger partial charge in [-0.15, -0.1) is 0 Å². The van der Waals surface area contributed by atoms with Crippen molar-refractivity contribution in [3.63, 3.8) is 0 Å². The Hall–Kier alpha value is -2.14. The molecule has 150 valence electrons. The van der Waals surface area contributed by atoms with E-state index >= 15 is 0 Å². The first kappa shape index (κ1) is 19.2. The lowest BCUT2D eigenvalue weighted by molar-refractivity contribution is -0.133. The molecule has 2 bridgehead atoms. The van der Waals surface area contributed by atoms with E-state index in [9.17, 15) is 14.7 Å². The molecule has 1 aromatic rings. The number of amides is 3. The molecule has 5 heteroatoms. The Labute approximate surface area is 167 Å². The van der Waals surface area contributed by atoms with Crippen molar-refractivity contribution in [1.29, 1.82) is 0 Å². The average Bonchev–Trinajstić information content (AvgIpc) is 3.13. The predicted molar refractivity (Wildman–Crippen MR) is 109 cm³/mol. The zero-order chi connectivity index (χ0) is 20.3. The number of nitrogens with zero attached hydrogens (tertiary/aromatic N) is 2. The Morgan fingerprint density at radius 3 is 2.61 bits per heavy atom. The van der Waals surface area contributed by atoms with Gasteiger partial charge < -0.3 is 5.11 Å². The summed E-state index contributed by atoms with van der Waals surface area (Å²) in [4.78, 5) is 30.0. The van der Waals surface area contributed by atoms with Crippen molar-refractivity contribution in [1.82, 2.24) is 4.90 Å². The first-order valence-electron chi connectivity index (χ1n) is 10.2. The maximum Gasteiger partial charge on any atom is 0.331 e. The Bertz CT molecular complexity index is 818. The third kappa shape index (κ3) is 2.41. The molecule has 1 aromatic carbocycles. The second-order valence-corrected chi connectivity index (χ2v) is 9.27. The van der Waals surface area contributed by atoms with Gasteiger partial charge in [0.15, 0.2) is 0 Å². The van der Waals surface area contributed by atoms with Crippen molar-refractivity contribution in [3.05, 3.63) is 42.5 Å². The third-order valence-electron chi connectivity index (χ3n) is 7.85. The van der Waals surface area contributed by atoms with Crippen LogP contribution in [0, 0.1) is 16.7 Å². The van der Waals surface area contributed by atoms with Crippen LogP contribution in [0.4, 0.5) is 10.5 Å². The highest BCUT2D eigenvalue weighted by atomic mass is 16.3. The van der Waals surface area contributed by atoms with Gasteiger partial charge in [-0.1, -0.05) is 51.1 Å². The molecule has 0 unspecified atom stereocenters. The summed E-state index contributed by atoms with van der Waals surface area (Å²) in [6.45, 7) is 8.62. The maximum absolute atomic E-state index is 13.5. The summed E-state index contributed by atoms with van der Waals surface area (Å²) in [5.41, 5.74) is 0.762. The zero-order valence-electron chi connectivity index (χ0n) is 17.1. The molecular weight excluding hydrogens is 352 g/mol. The van der Waals surface area contributed by atoms with Crippen LogP contribution in [-0.4, -0.2) is 40.1 Å². The number of rotatable bonds is 4. The molecule has 1 N–H and O–H groups in total. The molecule has 4 rings (SSSR count). The first-order valence-corrected chi connectivity index (χ1v) is 10.2. The van der Waals surface area contributed by atoms with Gasteiger partial charge in [-0.05, 0) is 48.6 Å². The molecule has 5 atom stereocenters. The van der Waals surface area contributed by atoms with Crippen molar-refractivity contribution < 1.29 is 14.7 Å². The normalized spacial score (nSPS) is 34.3. The van der Waals surface area contributed by atoms with Crippen LogP contribution in [0.25, 0.3) is 0 Å². The van der Waals surface area contributed by atoms with Crippen molar-refractivity contribution in [3.8, 4) is 0 Å². The third-order valence-corrected chi connectivity index (χ3v) is 7.85. The SMILES string of the molecule is C/C=C/[C@H](O)CC(=O)N1C(=O)N(c2ccccc2)[C@@H]2[C@H]3CC[C@@](C)([C@@H]21)C3(C)C. The lowest BCUT2D eigenvalue weighted by atomic mass is 9.69. The highest BCUT2D eigenvalue weighted by Gasteiger charge is 2.73. The van der Waals surface area contributed by atoms with Gasteiger partial charge >= 0.3 is 6.03 Å². The number of hydrogen-bond acceptors (Lipinski definition) is 3. The Morgan fingerprint density at radius 1 is 1.29 bits per heavy atom. The van der Waals surface area contributed by atoms with Crippen LogP contribution >= 0.6 is 0 Å². The summed E-state index contributed by atoms with van der Waals surface area (Å²) in [5.74, 6) is 0.0681. The molecule has 3 amide bonds. The van der Waals surface area contributed by atoms with E-state index < -0.39 is 6.10 Å². The molecule has 5 nitrogen and oxygen atoms in total. The fraction of sp³-hybridized carbons (Fsp3) is 0.565. The van der Waals surface area contributed by atoms with E-state index in [0.717, 1.165) is 18.5 Å². The summed E-state index contributed by atoms with van der Waals surface area (Å²) >= 11 is 0. The summed E-state index contributed by atoms with van der Waals surface area (Å²) in [7, 11) is 0. The van der Waals surface area contributed by atoms with Crippen LogP contribution in [0.15, 0.2) is 42.5 Å². The van der Waals surface area contributed by atoms with Crippen molar-refractivity contribution in [2.75, 3.05) is 4.90 Å². The Balaban J connectivity index is 1.77.